The maximum Gasteiger partial charge on any atom is 0.153 e. The molecule has 25 heavy (non-hydrogen) atoms. The molecule has 0 aliphatic rings. The molecule has 0 spiro atoms. The average molecular weight is 343 g/mol. The minimum atomic E-state index is 0.456. The number of thiazole rings is 1. The summed E-state index contributed by atoms with van der Waals surface area (Å²) in [4.78, 5) is 9.19. The van der Waals surface area contributed by atoms with Crippen LogP contribution in [0.4, 0.5) is 5.82 Å². The largest absolute Gasteiger partial charge is 0.454 e. The first-order valence-corrected chi connectivity index (χ1v) is 8.71. The predicted molar refractivity (Wildman–Crippen MR) is 102 cm³/mol. The summed E-state index contributed by atoms with van der Waals surface area (Å²) in [5.74, 6) is 1.17. The van der Waals surface area contributed by atoms with Crippen molar-refractivity contribution < 1.29 is 4.42 Å². The molecule has 5 heteroatoms. The van der Waals surface area contributed by atoms with Crippen molar-refractivity contribution in [3.8, 4) is 22.0 Å². The van der Waals surface area contributed by atoms with Gasteiger partial charge in [-0.3, -0.25) is 0 Å². The number of pyridine rings is 1. The first kappa shape index (κ1) is 14.2. The molecule has 0 aliphatic carbocycles. The molecule has 0 unspecified atom stereocenters. The van der Waals surface area contributed by atoms with E-state index in [1.165, 1.54) is 0 Å². The summed E-state index contributed by atoms with van der Waals surface area (Å²) in [5, 5.41) is 1.93. The zero-order chi connectivity index (χ0) is 16.8. The Kier molecular flexibility index (Phi) is 3.08. The lowest BCUT2D eigenvalue weighted by Gasteiger charge is -2.03. The highest BCUT2D eigenvalue weighted by Gasteiger charge is 2.13. The topological polar surface area (TPSA) is 64.9 Å². The van der Waals surface area contributed by atoms with Crippen LogP contribution in [-0.4, -0.2) is 9.97 Å². The van der Waals surface area contributed by atoms with Gasteiger partial charge in [-0.05, 0) is 36.4 Å². The Morgan fingerprint density at radius 2 is 1.72 bits per heavy atom. The highest BCUT2D eigenvalue weighted by Crippen LogP contribution is 2.34. The second kappa shape index (κ2) is 5.43. The van der Waals surface area contributed by atoms with Crippen LogP contribution in [0.3, 0.4) is 0 Å². The lowest BCUT2D eigenvalue weighted by molar-refractivity contribution is 0.629. The minimum Gasteiger partial charge on any atom is -0.454 e. The van der Waals surface area contributed by atoms with Gasteiger partial charge in [-0.25, -0.2) is 9.97 Å². The van der Waals surface area contributed by atoms with Gasteiger partial charge in [-0.15, -0.1) is 11.3 Å². The number of para-hydroxylation sites is 2. The number of anilines is 1. The third-order valence-corrected chi connectivity index (χ3v) is 5.20. The van der Waals surface area contributed by atoms with Crippen molar-refractivity contribution in [1.82, 2.24) is 9.97 Å². The molecule has 0 amide bonds. The van der Waals surface area contributed by atoms with Gasteiger partial charge < -0.3 is 10.2 Å². The molecule has 0 saturated heterocycles. The van der Waals surface area contributed by atoms with Gasteiger partial charge in [0, 0.05) is 5.39 Å². The molecule has 5 rings (SSSR count). The SMILES string of the molecule is Nc1nc(-c2cc3ccccc3o2)ccc1-c1nc2ccccc2s1. The van der Waals surface area contributed by atoms with Crippen LogP contribution in [0.15, 0.2) is 71.1 Å². The van der Waals surface area contributed by atoms with E-state index in [0.29, 0.717) is 11.6 Å². The Morgan fingerprint density at radius 1 is 0.880 bits per heavy atom. The Balaban J connectivity index is 1.59. The number of furan rings is 1. The van der Waals surface area contributed by atoms with Gasteiger partial charge in [0.15, 0.2) is 5.76 Å². The quantitative estimate of drug-likeness (QED) is 0.469. The van der Waals surface area contributed by atoms with Crippen LogP contribution in [-0.2, 0) is 0 Å². The van der Waals surface area contributed by atoms with Gasteiger partial charge in [0.2, 0.25) is 0 Å². The van der Waals surface area contributed by atoms with Crippen molar-refractivity contribution in [1.29, 1.82) is 0 Å². The molecule has 0 saturated carbocycles. The van der Waals surface area contributed by atoms with Crippen LogP contribution in [0.5, 0.6) is 0 Å². The second-order valence-electron chi connectivity index (χ2n) is 5.76. The van der Waals surface area contributed by atoms with Crippen LogP contribution in [0.1, 0.15) is 0 Å². The van der Waals surface area contributed by atoms with Gasteiger partial charge in [-0.1, -0.05) is 30.3 Å². The number of aromatic nitrogens is 2. The number of nitrogen functional groups attached to an aromatic ring is 1. The smallest absolute Gasteiger partial charge is 0.153 e. The van der Waals surface area contributed by atoms with E-state index in [1.807, 2.05) is 60.7 Å². The maximum absolute atomic E-state index is 6.22. The molecular weight excluding hydrogens is 330 g/mol. The minimum absolute atomic E-state index is 0.456. The zero-order valence-electron chi connectivity index (χ0n) is 13.1. The molecule has 3 aromatic heterocycles. The Labute approximate surface area is 147 Å². The van der Waals surface area contributed by atoms with Crippen molar-refractivity contribution in [3.05, 3.63) is 66.7 Å². The van der Waals surface area contributed by atoms with Crippen molar-refractivity contribution in [2.24, 2.45) is 0 Å². The summed E-state index contributed by atoms with van der Waals surface area (Å²) in [6, 6.07) is 21.8. The second-order valence-corrected chi connectivity index (χ2v) is 6.80. The van der Waals surface area contributed by atoms with E-state index in [0.717, 1.165) is 37.5 Å². The summed E-state index contributed by atoms with van der Waals surface area (Å²) < 4.78 is 7.01. The van der Waals surface area contributed by atoms with E-state index < -0.39 is 0 Å². The number of hydrogen-bond acceptors (Lipinski definition) is 5. The van der Waals surface area contributed by atoms with Gasteiger partial charge in [-0.2, -0.15) is 0 Å². The first-order chi connectivity index (χ1) is 12.3. The highest BCUT2D eigenvalue weighted by molar-refractivity contribution is 7.21. The summed E-state index contributed by atoms with van der Waals surface area (Å²) in [5.41, 5.74) is 9.61. The third-order valence-electron chi connectivity index (χ3n) is 4.13. The van der Waals surface area contributed by atoms with E-state index in [-0.39, 0.29) is 0 Å². The molecular formula is C20H13N3OS. The van der Waals surface area contributed by atoms with Gasteiger partial charge in [0.25, 0.3) is 0 Å². The zero-order valence-corrected chi connectivity index (χ0v) is 14.0. The number of benzene rings is 2. The Hall–Kier alpha value is -3.18. The third kappa shape index (κ3) is 2.37. The van der Waals surface area contributed by atoms with Crippen LogP contribution >= 0.6 is 11.3 Å². The van der Waals surface area contributed by atoms with E-state index >= 15 is 0 Å². The molecule has 0 fully saturated rings. The van der Waals surface area contributed by atoms with Gasteiger partial charge >= 0.3 is 0 Å². The molecule has 2 N–H and O–H groups in total. The Bertz CT molecular complexity index is 1160. The number of nitrogens with zero attached hydrogens (tertiary/aromatic N) is 2. The summed E-state index contributed by atoms with van der Waals surface area (Å²) in [7, 11) is 0. The molecule has 0 bridgehead atoms. The van der Waals surface area contributed by atoms with E-state index in [9.17, 15) is 0 Å². The first-order valence-electron chi connectivity index (χ1n) is 7.89. The number of hydrogen-bond donors (Lipinski definition) is 1. The van der Waals surface area contributed by atoms with Crippen molar-refractivity contribution in [2.75, 3.05) is 5.73 Å². The Morgan fingerprint density at radius 3 is 2.56 bits per heavy atom. The van der Waals surface area contributed by atoms with E-state index in [2.05, 4.69) is 16.0 Å². The maximum atomic E-state index is 6.22. The highest BCUT2D eigenvalue weighted by atomic mass is 32.1. The molecule has 120 valence electrons. The van der Waals surface area contributed by atoms with E-state index in [4.69, 9.17) is 10.2 Å². The normalized spacial score (nSPS) is 11.4. The van der Waals surface area contributed by atoms with Gasteiger partial charge in [0.05, 0.1) is 15.8 Å². The molecule has 0 radical (unpaired) electrons. The standard InChI is InChI=1S/C20H13N3OS/c21-19-13(20-23-15-6-2-4-8-18(15)25-20)9-10-14(22-19)17-11-12-5-1-3-7-16(12)24-17/h1-11H,(H2,21,22). The molecule has 3 heterocycles. The summed E-state index contributed by atoms with van der Waals surface area (Å²) >= 11 is 1.62. The van der Waals surface area contributed by atoms with Crippen molar-refractivity contribution in [3.63, 3.8) is 0 Å². The van der Waals surface area contributed by atoms with Crippen LogP contribution < -0.4 is 5.73 Å². The molecule has 4 nitrogen and oxygen atoms in total. The summed E-state index contributed by atoms with van der Waals surface area (Å²) in [6.45, 7) is 0. The molecule has 5 aromatic rings. The van der Waals surface area contributed by atoms with E-state index in [1.54, 1.807) is 11.3 Å². The fourth-order valence-corrected chi connectivity index (χ4v) is 3.89. The fraction of sp³-hybridized carbons (Fsp3) is 0. The van der Waals surface area contributed by atoms with Crippen LogP contribution in [0.25, 0.3) is 43.2 Å². The molecule has 0 atom stereocenters. The lowest BCUT2D eigenvalue weighted by atomic mass is 10.2. The van der Waals surface area contributed by atoms with Gasteiger partial charge in [0.1, 0.15) is 22.1 Å². The molecule has 2 aromatic carbocycles. The molecule has 0 aliphatic heterocycles. The lowest BCUT2D eigenvalue weighted by Crippen LogP contribution is -1.95. The fourth-order valence-electron chi connectivity index (χ4n) is 2.89. The monoisotopic (exact) mass is 343 g/mol. The predicted octanol–water partition coefficient (Wildman–Crippen LogP) is 5.35. The van der Waals surface area contributed by atoms with Crippen molar-refractivity contribution >= 4 is 38.3 Å². The number of fused-ring (bicyclic) bond motifs is 2. The van der Waals surface area contributed by atoms with Crippen molar-refractivity contribution in [2.45, 2.75) is 0 Å². The number of nitrogens with two attached hydrogens (primary N) is 1. The summed E-state index contributed by atoms with van der Waals surface area (Å²) in [6.07, 6.45) is 0. The van der Waals surface area contributed by atoms with Crippen LogP contribution in [0, 0.1) is 0 Å². The number of rotatable bonds is 2. The average Bonchev–Trinajstić information content (AvgIpc) is 3.25. The van der Waals surface area contributed by atoms with Crippen LogP contribution in [0.2, 0.25) is 0 Å².